The summed E-state index contributed by atoms with van der Waals surface area (Å²) in [5.74, 6) is 1.95. The number of aliphatic hydroxyl groups is 1. The van der Waals surface area contributed by atoms with Crippen LogP contribution in [-0.4, -0.2) is 28.8 Å². The number of aromatic nitrogens is 1. The molecule has 20 heavy (non-hydrogen) atoms. The van der Waals surface area contributed by atoms with E-state index in [9.17, 15) is 5.11 Å². The Morgan fingerprint density at radius 3 is 2.80 bits per heavy atom. The van der Waals surface area contributed by atoms with Gasteiger partial charge in [0.05, 0.1) is 18.4 Å². The second-order valence-corrected chi connectivity index (χ2v) is 6.62. The number of nitrogens with zero attached hydrogens (tertiary/aromatic N) is 1. The van der Waals surface area contributed by atoms with Crippen LogP contribution in [0.5, 0.6) is 5.88 Å². The highest BCUT2D eigenvalue weighted by Crippen LogP contribution is 2.42. The molecule has 0 spiro atoms. The van der Waals surface area contributed by atoms with Crippen molar-refractivity contribution in [2.24, 2.45) is 11.3 Å². The van der Waals surface area contributed by atoms with Crippen molar-refractivity contribution >= 4 is 11.5 Å². The Hall–Kier alpha value is -1.49. The molecule has 2 unspecified atom stereocenters. The summed E-state index contributed by atoms with van der Waals surface area (Å²) in [5.41, 5.74) is 6.34. The summed E-state index contributed by atoms with van der Waals surface area (Å²) < 4.78 is 5.68. The van der Waals surface area contributed by atoms with Gasteiger partial charge in [-0.2, -0.15) is 4.98 Å². The van der Waals surface area contributed by atoms with Crippen molar-refractivity contribution in [3.8, 4) is 5.88 Å². The standard InChI is InChI=1S/C15H23N3O2/c1-15(2)11(7-12(15)19)17-13-6-5-10(16)14(18-13)20-8-9-3-4-9/h5-6,9,11-12,19H,3-4,7-8,16H2,1-2H3,(H,17,18). The summed E-state index contributed by atoms with van der Waals surface area (Å²) in [4.78, 5) is 4.44. The van der Waals surface area contributed by atoms with Crippen LogP contribution in [0.1, 0.15) is 33.1 Å². The number of nitrogens with two attached hydrogens (primary N) is 1. The first-order chi connectivity index (χ1) is 9.46. The predicted molar refractivity (Wildman–Crippen MR) is 78.7 cm³/mol. The third-order valence-corrected chi connectivity index (χ3v) is 4.58. The smallest absolute Gasteiger partial charge is 0.239 e. The van der Waals surface area contributed by atoms with E-state index >= 15 is 0 Å². The lowest BCUT2D eigenvalue weighted by atomic mass is 9.64. The summed E-state index contributed by atoms with van der Waals surface area (Å²) in [6, 6.07) is 3.91. The van der Waals surface area contributed by atoms with Gasteiger partial charge in [0.2, 0.25) is 5.88 Å². The molecule has 1 heterocycles. The van der Waals surface area contributed by atoms with E-state index in [0.29, 0.717) is 24.1 Å². The Balaban J connectivity index is 1.65. The summed E-state index contributed by atoms with van der Waals surface area (Å²) >= 11 is 0. The van der Waals surface area contributed by atoms with Gasteiger partial charge < -0.3 is 20.9 Å². The van der Waals surface area contributed by atoms with E-state index < -0.39 is 0 Å². The summed E-state index contributed by atoms with van der Waals surface area (Å²) in [6.07, 6.45) is 2.98. The van der Waals surface area contributed by atoms with Crippen molar-refractivity contribution in [1.29, 1.82) is 0 Å². The van der Waals surface area contributed by atoms with E-state index in [1.54, 1.807) is 0 Å². The lowest BCUT2D eigenvalue weighted by molar-refractivity contribution is -0.0511. The number of hydrogen-bond acceptors (Lipinski definition) is 5. The SMILES string of the molecule is CC1(C)C(O)CC1Nc1ccc(N)c(OCC2CC2)n1. The van der Waals surface area contributed by atoms with E-state index in [0.717, 1.165) is 12.2 Å². The Morgan fingerprint density at radius 1 is 1.45 bits per heavy atom. The van der Waals surface area contributed by atoms with Crippen molar-refractivity contribution in [2.75, 3.05) is 17.7 Å². The van der Waals surface area contributed by atoms with Crippen LogP contribution in [0.15, 0.2) is 12.1 Å². The monoisotopic (exact) mass is 277 g/mol. The topological polar surface area (TPSA) is 80.4 Å². The number of anilines is 2. The van der Waals surface area contributed by atoms with Crippen molar-refractivity contribution in [1.82, 2.24) is 4.98 Å². The fourth-order valence-corrected chi connectivity index (χ4v) is 2.45. The van der Waals surface area contributed by atoms with Gasteiger partial charge in [-0.3, -0.25) is 0 Å². The molecule has 0 radical (unpaired) electrons. The van der Waals surface area contributed by atoms with E-state index in [2.05, 4.69) is 24.1 Å². The molecule has 0 saturated heterocycles. The Morgan fingerprint density at radius 2 is 2.20 bits per heavy atom. The Kier molecular flexibility index (Phi) is 3.24. The number of rotatable bonds is 5. The minimum atomic E-state index is -0.251. The van der Waals surface area contributed by atoms with Crippen molar-refractivity contribution in [3.05, 3.63) is 12.1 Å². The van der Waals surface area contributed by atoms with E-state index in [1.165, 1.54) is 12.8 Å². The minimum absolute atomic E-state index is 0.127. The zero-order valence-electron chi connectivity index (χ0n) is 12.1. The number of nitrogens with one attached hydrogen (secondary N) is 1. The molecule has 1 aromatic heterocycles. The van der Waals surface area contributed by atoms with Gasteiger partial charge in [0, 0.05) is 11.5 Å². The third-order valence-electron chi connectivity index (χ3n) is 4.58. The Labute approximate surface area is 119 Å². The van der Waals surface area contributed by atoms with Crippen molar-refractivity contribution in [2.45, 2.75) is 45.3 Å². The second kappa shape index (κ2) is 4.81. The third kappa shape index (κ3) is 2.54. The maximum Gasteiger partial charge on any atom is 0.239 e. The first-order valence-electron chi connectivity index (χ1n) is 7.30. The fourth-order valence-electron chi connectivity index (χ4n) is 2.45. The largest absolute Gasteiger partial charge is 0.476 e. The molecule has 3 rings (SSSR count). The van der Waals surface area contributed by atoms with Crippen LogP contribution in [0.4, 0.5) is 11.5 Å². The lowest BCUT2D eigenvalue weighted by Crippen LogP contribution is -2.57. The van der Waals surface area contributed by atoms with Crippen LogP contribution in [0.3, 0.4) is 0 Å². The molecule has 5 heteroatoms. The van der Waals surface area contributed by atoms with Gasteiger partial charge in [0.15, 0.2) is 0 Å². The minimum Gasteiger partial charge on any atom is -0.476 e. The highest BCUT2D eigenvalue weighted by molar-refractivity contribution is 5.54. The van der Waals surface area contributed by atoms with E-state index in [1.807, 2.05) is 12.1 Å². The first kappa shape index (κ1) is 13.5. The molecule has 0 bridgehead atoms. The van der Waals surface area contributed by atoms with Gasteiger partial charge in [-0.25, -0.2) is 0 Å². The molecule has 110 valence electrons. The number of aliphatic hydroxyl groups excluding tert-OH is 1. The van der Waals surface area contributed by atoms with Gasteiger partial charge in [-0.1, -0.05) is 13.8 Å². The molecule has 2 atom stereocenters. The van der Waals surface area contributed by atoms with Crippen LogP contribution in [0.2, 0.25) is 0 Å². The predicted octanol–water partition coefficient (Wildman–Crippen LogP) is 2.02. The number of nitrogen functional groups attached to an aromatic ring is 1. The Bertz CT molecular complexity index is 500. The summed E-state index contributed by atoms with van der Waals surface area (Å²) in [7, 11) is 0. The molecule has 5 nitrogen and oxygen atoms in total. The van der Waals surface area contributed by atoms with Crippen molar-refractivity contribution in [3.63, 3.8) is 0 Å². The van der Waals surface area contributed by atoms with Crippen LogP contribution in [-0.2, 0) is 0 Å². The molecule has 2 aliphatic carbocycles. The molecule has 2 aliphatic rings. The average molecular weight is 277 g/mol. The molecule has 1 aromatic rings. The molecule has 2 fully saturated rings. The number of ether oxygens (including phenoxy) is 1. The average Bonchev–Trinajstić information content (AvgIpc) is 3.23. The molecule has 0 amide bonds. The summed E-state index contributed by atoms with van der Waals surface area (Å²) in [6.45, 7) is 4.82. The molecular formula is C15H23N3O2. The van der Waals surface area contributed by atoms with Gasteiger partial charge in [-0.05, 0) is 37.3 Å². The zero-order valence-corrected chi connectivity index (χ0v) is 12.1. The van der Waals surface area contributed by atoms with Crippen molar-refractivity contribution < 1.29 is 9.84 Å². The lowest BCUT2D eigenvalue weighted by Gasteiger charge is -2.49. The quantitative estimate of drug-likeness (QED) is 0.767. The van der Waals surface area contributed by atoms with Gasteiger partial charge in [0.1, 0.15) is 5.82 Å². The number of pyridine rings is 1. The molecule has 4 N–H and O–H groups in total. The molecule has 0 aromatic carbocycles. The molecule has 0 aliphatic heterocycles. The van der Waals surface area contributed by atoms with Gasteiger partial charge >= 0.3 is 0 Å². The summed E-state index contributed by atoms with van der Waals surface area (Å²) in [5, 5.41) is 13.1. The fraction of sp³-hybridized carbons (Fsp3) is 0.667. The zero-order chi connectivity index (χ0) is 14.3. The van der Waals surface area contributed by atoms with E-state index in [4.69, 9.17) is 10.5 Å². The second-order valence-electron chi connectivity index (χ2n) is 6.62. The van der Waals surface area contributed by atoms with Crippen LogP contribution >= 0.6 is 0 Å². The highest BCUT2D eigenvalue weighted by atomic mass is 16.5. The molecule has 2 saturated carbocycles. The van der Waals surface area contributed by atoms with Crippen LogP contribution < -0.4 is 15.8 Å². The van der Waals surface area contributed by atoms with E-state index in [-0.39, 0.29) is 17.6 Å². The van der Waals surface area contributed by atoms with Crippen LogP contribution in [0, 0.1) is 11.3 Å². The van der Waals surface area contributed by atoms with Gasteiger partial charge in [0.25, 0.3) is 0 Å². The highest BCUT2D eigenvalue weighted by Gasteiger charge is 2.47. The van der Waals surface area contributed by atoms with Crippen LogP contribution in [0.25, 0.3) is 0 Å². The maximum atomic E-state index is 9.77. The normalized spacial score (nSPS) is 27.8. The number of hydrogen-bond donors (Lipinski definition) is 3. The maximum absolute atomic E-state index is 9.77. The first-order valence-corrected chi connectivity index (χ1v) is 7.30. The van der Waals surface area contributed by atoms with Gasteiger partial charge in [-0.15, -0.1) is 0 Å². The molecular weight excluding hydrogens is 254 g/mol.